The maximum atomic E-state index is 13.0. The first-order chi connectivity index (χ1) is 11.5. The third-order valence-corrected chi connectivity index (χ3v) is 5.08. The first-order valence-electron chi connectivity index (χ1n) is 8.26. The van der Waals surface area contributed by atoms with Gasteiger partial charge in [-0.2, -0.15) is 0 Å². The fourth-order valence-electron chi connectivity index (χ4n) is 2.54. The molecule has 2 aromatic rings. The molecule has 0 fully saturated rings. The zero-order valence-electron chi connectivity index (χ0n) is 14.2. The molecule has 1 heterocycles. The van der Waals surface area contributed by atoms with Crippen molar-refractivity contribution in [1.29, 1.82) is 0 Å². The van der Waals surface area contributed by atoms with Gasteiger partial charge in [0.1, 0.15) is 5.82 Å². The molecule has 0 aliphatic carbocycles. The normalized spacial score (nSPS) is 11.4. The van der Waals surface area contributed by atoms with Crippen molar-refractivity contribution in [3.8, 4) is 10.4 Å². The van der Waals surface area contributed by atoms with Crippen LogP contribution in [-0.2, 0) is 11.3 Å². The molecule has 0 spiro atoms. The van der Waals surface area contributed by atoms with Crippen LogP contribution in [0.25, 0.3) is 10.4 Å². The maximum absolute atomic E-state index is 13.0. The highest BCUT2D eigenvalue weighted by Gasteiger charge is 2.12. The second-order valence-electron chi connectivity index (χ2n) is 6.19. The molecule has 0 aliphatic heterocycles. The smallest absolute Gasteiger partial charge is 0.303 e. The largest absolute Gasteiger partial charge is 0.481 e. The van der Waals surface area contributed by atoms with Crippen molar-refractivity contribution in [2.24, 2.45) is 0 Å². The summed E-state index contributed by atoms with van der Waals surface area (Å²) in [6.45, 7) is 6.07. The van der Waals surface area contributed by atoms with Crippen molar-refractivity contribution in [2.75, 3.05) is 6.54 Å². The zero-order valence-corrected chi connectivity index (χ0v) is 15.0. The van der Waals surface area contributed by atoms with Gasteiger partial charge in [0, 0.05) is 28.8 Å². The highest BCUT2D eigenvalue weighted by molar-refractivity contribution is 7.15. The summed E-state index contributed by atoms with van der Waals surface area (Å²) in [5, 5.41) is 8.72. The number of carbonyl (C=O) groups is 1. The molecule has 1 aromatic carbocycles. The molecule has 0 bridgehead atoms. The second kappa shape index (κ2) is 8.94. The van der Waals surface area contributed by atoms with Crippen LogP contribution in [0.15, 0.2) is 36.4 Å². The summed E-state index contributed by atoms with van der Waals surface area (Å²) >= 11 is 1.72. The molecule has 0 aliphatic rings. The number of unbranched alkanes of at least 4 members (excludes halogenated alkanes) is 1. The van der Waals surface area contributed by atoms with Crippen LogP contribution in [0.3, 0.4) is 0 Å². The van der Waals surface area contributed by atoms with E-state index < -0.39 is 5.97 Å². The first kappa shape index (κ1) is 18.6. The predicted molar refractivity (Wildman–Crippen MR) is 96.7 cm³/mol. The lowest BCUT2D eigenvalue weighted by molar-refractivity contribution is -0.137. The maximum Gasteiger partial charge on any atom is 0.303 e. The monoisotopic (exact) mass is 349 g/mol. The summed E-state index contributed by atoms with van der Waals surface area (Å²) in [7, 11) is 0. The number of hydrogen-bond acceptors (Lipinski definition) is 3. The molecule has 3 nitrogen and oxygen atoms in total. The van der Waals surface area contributed by atoms with Gasteiger partial charge < -0.3 is 5.11 Å². The molecule has 5 heteroatoms. The summed E-state index contributed by atoms with van der Waals surface area (Å²) < 4.78 is 13.0. The van der Waals surface area contributed by atoms with E-state index in [0.29, 0.717) is 12.5 Å². The van der Waals surface area contributed by atoms with Gasteiger partial charge in [0.25, 0.3) is 0 Å². The van der Waals surface area contributed by atoms with Crippen LogP contribution < -0.4 is 0 Å². The van der Waals surface area contributed by atoms with Crippen molar-refractivity contribution in [3.05, 3.63) is 47.1 Å². The number of carboxylic acid groups (broad SMARTS) is 1. The van der Waals surface area contributed by atoms with Gasteiger partial charge in [0.15, 0.2) is 0 Å². The minimum absolute atomic E-state index is 0.220. The zero-order chi connectivity index (χ0) is 17.5. The number of thiophene rings is 1. The highest BCUT2D eigenvalue weighted by Crippen LogP contribution is 2.29. The number of aliphatic carboxylic acids is 1. The number of carboxylic acids is 1. The van der Waals surface area contributed by atoms with E-state index in [1.165, 1.54) is 17.0 Å². The topological polar surface area (TPSA) is 40.5 Å². The predicted octanol–water partition coefficient (Wildman–Crippen LogP) is 5.02. The van der Waals surface area contributed by atoms with Gasteiger partial charge in [-0.15, -0.1) is 11.3 Å². The summed E-state index contributed by atoms with van der Waals surface area (Å²) in [4.78, 5) is 15.4. The standard InChI is InChI=1S/C19H24FNO2S/c1-14(2)21(12-4-3-5-19(22)23)13-17-10-11-18(24-17)15-6-8-16(20)9-7-15/h6-11,14H,3-5,12-13H2,1-2H3,(H,22,23). The van der Waals surface area contributed by atoms with Crippen LogP contribution in [0.1, 0.15) is 38.0 Å². The lowest BCUT2D eigenvalue weighted by Crippen LogP contribution is -2.31. The van der Waals surface area contributed by atoms with Crippen LogP contribution >= 0.6 is 11.3 Å². The summed E-state index contributed by atoms with van der Waals surface area (Å²) in [5.41, 5.74) is 1.03. The number of rotatable bonds is 9. The Bertz CT molecular complexity index is 652. The number of nitrogens with zero attached hydrogens (tertiary/aromatic N) is 1. The van der Waals surface area contributed by atoms with Crippen LogP contribution in [0.4, 0.5) is 4.39 Å². The summed E-state index contributed by atoms with van der Waals surface area (Å²) in [6, 6.07) is 11.2. The van der Waals surface area contributed by atoms with Crippen molar-refractivity contribution < 1.29 is 14.3 Å². The molecule has 0 saturated heterocycles. The van der Waals surface area contributed by atoms with E-state index in [-0.39, 0.29) is 12.2 Å². The van der Waals surface area contributed by atoms with Crippen LogP contribution in [0.5, 0.6) is 0 Å². The Balaban J connectivity index is 1.94. The molecule has 0 saturated carbocycles. The van der Waals surface area contributed by atoms with Gasteiger partial charge in [-0.3, -0.25) is 9.69 Å². The van der Waals surface area contributed by atoms with E-state index in [1.807, 2.05) is 0 Å². The molecule has 0 unspecified atom stereocenters. The minimum Gasteiger partial charge on any atom is -0.481 e. The van der Waals surface area contributed by atoms with Gasteiger partial charge >= 0.3 is 5.97 Å². The third kappa shape index (κ3) is 5.73. The van der Waals surface area contributed by atoms with Crippen LogP contribution in [-0.4, -0.2) is 28.6 Å². The van der Waals surface area contributed by atoms with Crippen molar-refractivity contribution in [3.63, 3.8) is 0 Å². The average Bonchev–Trinajstić information content (AvgIpc) is 2.99. The number of benzene rings is 1. The van der Waals surface area contributed by atoms with E-state index in [9.17, 15) is 9.18 Å². The van der Waals surface area contributed by atoms with Gasteiger partial charge in [0.2, 0.25) is 0 Å². The molecule has 0 radical (unpaired) electrons. The molecule has 130 valence electrons. The van der Waals surface area contributed by atoms with Crippen LogP contribution in [0.2, 0.25) is 0 Å². The second-order valence-corrected chi connectivity index (χ2v) is 7.36. The quantitative estimate of drug-likeness (QED) is 0.646. The number of hydrogen-bond donors (Lipinski definition) is 1. The Morgan fingerprint density at radius 3 is 2.50 bits per heavy atom. The van der Waals surface area contributed by atoms with E-state index in [2.05, 4.69) is 30.9 Å². The lowest BCUT2D eigenvalue weighted by atomic mass is 10.2. The summed E-state index contributed by atoms with van der Waals surface area (Å²) in [6.07, 6.45) is 1.84. The first-order valence-corrected chi connectivity index (χ1v) is 9.08. The van der Waals surface area contributed by atoms with Gasteiger partial charge in [-0.25, -0.2) is 4.39 Å². The lowest BCUT2D eigenvalue weighted by Gasteiger charge is -2.25. The minimum atomic E-state index is -0.728. The number of halogens is 1. The molecule has 24 heavy (non-hydrogen) atoms. The molecular formula is C19H24FNO2S. The fraction of sp³-hybridized carbons (Fsp3) is 0.421. The van der Waals surface area contributed by atoms with E-state index in [4.69, 9.17) is 5.11 Å². The Kier molecular flexibility index (Phi) is 6.94. The SMILES string of the molecule is CC(C)N(CCCCC(=O)O)Cc1ccc(-c2ccc(F)cc2)s1. The van der Waals surface area contributed by atoms with Crippen molar-refractivity contribution in [2.45, 2.75) is 45.7 Å². The van der Waals surface area contributed by atoms with E-state index >= 15 is 0 Å². The molecule has 1 aromatic heterocycles. The van der Waals surface area contributed by atoms with Crippen molar-refractivity contribution >= 4 is 17.3 Å². The highest BCUT2D eigenvalue weighted by atomic mass is 32.1. The summed E-state index contributed by atoms with van der Waals surface area (Å²) in [5.74, 6) is -0.948. The van der Waals surface area contributed by atoms with Gasteiger partial charge in [0.05, 0.1) is 0 Å². The Morgan fingerprint density at radius 1 is 1.17 bits per heavy atom. The van der Waals surface area contributed by atoms with Gasteiger partial charge in [-0.05, 0) is 63.1 Å². The van der Waals surface area contributed by atoms with Crippen molar-refractivity contribution in [1.82, 2.24) is 4.90 Å². The molecule has 0 amide bonds. The molecular weight excluding hydrogens is 325 g/mol. The third-order valence-electron chi connectivity index (χ3n) is 3.97. The van der Waals surface area contributed by atoms with Crippen LogP contribution in [0, 0.1) is 5.82 Å². The molecule has 0 atom stereocenters. The van der Waals surface area contributed by atoms with E-state index in [0.717, 1.165) is 30.0 Å². The fourth-order valence-corrected chi connectivity index (χ4v) is 3.58. The van der Waals surface area contributed by atoms with E-state index in [1.54, 1.807) is 23.5 Å². The Morgan fingerprint density at radius 2 is 1.88 bits per heavy atom. The molecule has 1 N–H and O–H groups in total. The van der Waals surface area contributed by atoms with Gasteiger partial charge in [-0.1, -0.05) is 12.1 Å². The Hall–Kier alpha value is -1.72. The average molecular weight is 349 g/mol. The molecule has 2 rings (SSSR count). The Labute approximate surface area is 146 Å².